The highest BCUT2D eigenvalue weighted by Crippen LogP contribution is 2.29. The maximum absolute atomic E-state index is 10.8. The van der Waals surface area contributed by atoms with Crippen LogP contribution in [-0.2, 0) is 0 Å². The van der Waals surface area contributed by atoms with Crippen LogP contribution >= 0.6 is 0 Å². The normalized spacial score (nSPS) is 22.6. The average Bonchev–Trinajstić information content (AvgIpc) is 2.67. The summed E-state index contributed by atoms with van der Waals surface area (Å²) in [6, 6.07) is 5.60. The second-order valence-electron chi connectivity index (χ2n) is 6.26. The molecule has 0 aliphatic heterocycles. The second kappa shape index (κ2) is 7.43. The SMILES string of the molecule is CCCC1CCCC(Nc2ccc([N+](=O)[O-])cc2C)CC1. The molecule has 0 radical (unpaired) electrons. The third-order valence-corrected chi connectivity index (χ3v) is 4.57. The molecule has 2 atom stereocenters. The fourth-order valence-corrected chi connectivity index (χ4v) is 3.36. The number of rotatable bonds is 5. The first kappa shape index (κ1) is 15.8. The Morgan fingerprint density at radius 1 is 1.29 bits per heavy atom. The molecule has 0 saturated heterocycles. The Hall–Kier alpha value is -1.58. The number of hydrogen-bond acceptors (Lipinski definition) is 3. The topological polar surface area (TPSA) is 55.2 Å². The molecule has 0 aromatic heterocycles. The van der Waals surface area contributed by atoms with Crippen LogP contribution in [0, 0.1) is 23.0 Å². The van der Waals surface area contributed by atoms with Crippen molar-refractivity contribution in [3.8, 4) is 0 Å². The number of non-ortho nitro benzene ring substituents is 1. The lowest BCUT2D eigenvalue weighted by atomic mass is 9.95. The van der Waals surface area contributed by atoms with Crippen LogP contribution in [0.15, 0.2) is 18.2 Å². The average molecular weight is 290 g/mol. The Labute approximate surface area is 127 Å². The molecular formula is C17H26N2O2. The molecule has 1 aromatic rings. The molecule has 4 heteroatoms. The summed E-state index contributed by atoms with van der Waals surface area (Å²) in [6.07, 6.45) is 8.99. The van der Waals surface area contributed by atoms with Crippen molar-refractivity contribution < 1.29 is 4.92 Å². The van der Waals surface area contributed by atoms with Crippen LogP contribution in [0.25, 0.3) is 0 Å². The van der Waals surface area contributed by atoms with Gasteiger partial charge in [-0.15, -0.1) is 0 Å². The van der Waals surface area contributed by atoms with Crippen molar-refractivity contribution in [3.05, 3.63) is 33.9 Å². The van der Waals surface area contributed by atoms with Crippen molar-refractivity contribution in [1.29, 1.82) is 0 Å². The minimum atomic E-state index is -0.336. The van der Waals surface area contributed by atoms with Gasteiger partial charge in [0, 0.05) is 23.9 Å². The summed E-state index contributed by atoms with van der Waals surface area (Å²) < 4.78 is 0. The van der Waals surface area contributed by atoms with E-state index in [1.54, 1.807) is 12.1 Å². The van der Waals surface area contributed by atoms with E-state index in [9.17, 15) is 10.1 Å². The van der Waals surface area contributed by atoms with Crippen molar-refractivity contribution in [3.63, 3.8) is 0 Å². The van der Waals surface area contributed by atoms with Gasteiger partial charge in [-0.2, -0.15) is 0 Å². The highest BCUT2D eigenvalue weighted by molar-refractivity contribution is 5.55. The highest BCUT2D eigenvalue weighted by Gasteiger charge is 2.19. The smallest absolute Gasteiger partial charge is 0.269 e. The number of anilines is 1. The maximum Gasteiger partial charge on any atom is 0.269 e. The molecule has 2 unspecified atom stereocenters. The molecule has 1 N–H and O–H groups in total. The van der Waals surface area contributed by atoms with Crippen LogP contribution < -0.4 is 5.32 Å². The van der Waals surface area contributed by atoms with Crippen LogP contribution in [0.1, 0.15) is 57.4 Å². The summed E-state index contributed by atoms with van der Waals surface area (Å²) >= 11 is 0. The summed E-state index contributed by atoms with van der Waals surface area (Å²) in [5, 5.41) is 14.4. The van der Waals surface area contributed by atoms with Crippen LogP contribution in [0.4, 0.5) is 11.4 Å². The molecule has 1 fully saturated rings. The van der Waals surface area contributed by atoms with Crippen molar-refractivity contribution in [2.24, 2.45) is 5.92 Å². The predicted octanol–water partition coefficient (Wildman–Crippen LogP) is 5.06. The van der Waals surface area contributed by atoms with E-state index in [-0.39, 0.29) is 10.6 Å². The molecule has 1 aromatic carbocycles. The second-order valence-corrected chi connectivity index (χ2v) is 6.26. The molecule has 0 amide bonds. The quantitative estimate of drug-likeness (QED) is 0.468. The number of nitro benzene ring substituents is 1. The van der Waals surface area contributed by atoms with Gasteiger partial charge in [-0.3, -0.25) is 10.1 Å². The lowest BCUT2D eigenvalue weighted by molar-refractivity contribution is -0.384. The summed E-state index contributed by atoms with van der Waals surface area (Å²) in [4.78, 5) is 10.4. The summed E-state index contributed by atoms with van der Waals surface area (Å²) in [7, 11) is 0. The van der Waals surface area contributed by atoms with Crippen LogP contribution in [0.5, 0.6) is 0 Å². The third-order valence-electron chi connectivity index (χ3n) is 4.57. The number of nitro groups is 1. The number of hydrogen-bond donors (Lipinski definition) is 1. The molecule has 116 valence electrons. The van der Waals surface area contributed by atoms with Crippen LogP contribution in [0.3, 0.4) is 0 Å². The predicted molar refractivity (Wildman–Crippen MR) is 86.7 cm³/mol. The van der Waals surface area contributed by atoms with Crippen LogP contribution in [0.2, 0.25) is 0 Å². The molecule has 1 saturated carbocycles. The lowest BCUT2D eigenvalue weighted by Gasteiger charge is -2.19. The van der Waals surface area contributed by atoms with Crippen molar-refractivity contribution in [2.45, 2.75) is 64.8 Å². The maximum atomic E-state index is 10.8. The Kier molecular flexibility index (Phi) is 5.59. The lowest BCUT2D eigenvalue weighted by Crippen LogP contribution is -2.19. The van der Waals surface area contributed by atoms with Crippen molar-refractivity contribution in [1.82, 2.24) is 0 Å². The van der Waals surface area contributed by atoms with E-state index in [1.807, 2.05) is 13.0 Å². The van der Waals surface area contributed by atoms with E-state index in [4.69, 9.17) is 0 Å². The Balaban J connectivity index is 1.97. The van der Waals surface area contributed by atoms with Gasteiger partial charge in [-0.1, -0.05) is 32.6 Å². The van der Waals surface area contributed by atoms with E-state index in [0.29, 0.717) is 6.04 Å². The van der Waals surface area contributed by atoms with Gasteiger partial charge in [-0.25, -0.2) is 0 Å². The fourth-order valence-electron chi connectivity index (χ4n) is 3.36. The first-order chi connectivity index (χ1) is 10.1. The Morgan fingerprint density at radius 2 is 2.10 bits per heavy atom. The molecular weight excluding hydrogens is 264 g/mol. The number of benzene rings is 1. The Morgan fingerprint density at radius 3 is 2.76 bits per heavy atom. The molecule has 0 heterocycles. The Bertz CT molecular complexity index is 488. The van der Waals surface area contributed by atoms with Gasteiger partial charge in [-0.05, 0) is 43.7 Å². The van der Waals surface area contributed by atoms with Gasteiger partial charge in [0.2, 0.25) is 0 Å². The first-order valence-electron chi connectivity index (χ1n) is 8.11. The van der Waals surface area contributed by atoms with Gasteiger partial charge >= 0.3 is 0 Å². The summed E-state index contributed by atoms with van der Waals surface area (Å²) in [5.74, 6) is 0.889. The minimum absolute atomic E-state index is 0.168. The van der Waals surface area contributed by atoms with E-state index in [0.717, 1.165) is 17.2 Å². The van der Waals surface area contributed by atoms with E-state index >= 15 is 0 Å². The van der Waals surface area contributed by atoms with Crippen LogP contribution in [-0.4, -0.2) is 11.0 Å². The van der Waals surface area contributed by atoms with Gasteiger partial charge < -0.3 is 5.32 Å². The largest absolute Gasteiger partial charge is 0.382 e. The number of nitrogens with one attached hydrogen (secondary N) is 1. The molecule has 0 bridgehead atoms. The third kappa shape index (κ3) is 4.45. The minimum Gasteiger partial charge on any atom is -0.382 e. The van der Waals surface area contributed by atoms with Gasteiger partial charge in [0.1, 0.15) is 0 Å². The zero-order valence-corrected chi connectivity index (χ0v) is 13.1. The van der Waals surface area contributed by atoms with Gasteiger partial charge in [0.15, 0.2) is 0 Å². The summed E-state index contributed by atoms with van der Waals surface area (Å²) in [6.45, 7) is 4.20. The fraction of sp³-hybridized carbons (Fsp3) is 0.647. The zero-order chi connectivity index (χ0) is 15.2. The monoisotopic (exact) mass is 290 g/mol. The summed E-state index contributed by atoms with van der Waals surface area (Å²) in [5.41, 5.74) is 2.17. The molecule has 2 rings (SSSR count). The standard InChI is InChI=1S/C17H26N2O2/c1-3-5-14-6-4-7-15(9-8-14)18-17-11-10-16(19(20)21)12-13(17)2/h10-12,14-15,18H,3-9H2,1-2H3. The highest BCUT2D eigenvalue weighted by atomic mass is 16.6. The van der Waals surface area contributed by atoms with Crippen molar-refractivity contribution >= 4 is 11.4 Å². The van der Waals surface area contributed by atoms with Gasteiger partial charge in [0.05, 0.1) is 4.92 Å². The number of aryl methyl sites for hydroxylation is 1. The zero-order valence-electron chi connectivity index (χ0n) is 13.1. The van der Waals surface area contributed by atoms with Crippen molar-refractivity contribution in [2.75, 3.05) is 5.32 Å². The first-order valence-corrected chi connectivity index (χ1v) is 8.11. The molecule has 21 heavy (non-hydrogen) atoms. The van der Waals surface area contributed by atoms with E-state index in [1.165, 1.54) is 44.9 Å². The van der Waals surface area contributed by atoms with Gasteiger partial charge in [0.25, 0.3) is 5.69 Å². The van der Waals surface area contributed by atoms with E-state index in [2.05, 4.69) is 12.2 Å². The number of nitrogens with zero attached hydrogens (tertiary/aromatic N) is 1. The molecule has 0 spiro atoms. The molecule has 1 aliphatic rings. The molecule has 1 aliphatic carbocycles. The molecule has 4 nitrogen and oxygen atoms in total. The van der Waals surface area contributed by atoms with E-state index < -0.39 is 0 Å².